The van der Waals surface area contributed by atoms with E-state index in [1.54, 1.807) is 6.92 Å². The minimum Gasteiger partial charge on any atom is -0.313 e. The van der Waals surface area contributed by atoms with Crippen molar-refractivity contribution in [1.29, 1.82) is 0 Å². The van der Waals surface area contributed by atoms with Gasteiger partial charge in [0, 0.05) is 37.8 Å². The van der Waals surface area contributed by atoms with E-state index in [1.807, 2.05) is 0 Å². The molecule has 1 heterocycles. The fourth-order valence-electron chi connectivity index (χ4n) is 1.84. The Morgan fingerprint density at radius 2 is 2.00 bits per heavy atom. The van der Waals surface area contributed by atoms with Crippen LogP contribution in [0.4, 0.5) is 5.69 Å². The van der Waals surface area contributed by atoms with Crippen molar-refractivity contribution in [3.05, 3.63) is 33.9 Å². The molecule has 2 rings (SSSR count). The van der Waals surface area contributed by atoms with Gasteiger partial charge < -0.3 is 5.32 Å². The third-order valence-electron chi connectivity index (χ3n) is 3.33. The number of rotatable bonds is 4. The molecule has 0 radical (unpaired) electrons. The van der Waals surface area contributed by atoms with E-state index in [4.69, 9.17) is 0 Å². The van der Waals surface area contributed by atoms with Gasteiger partial charge in [0.2, 0.25) is 10.0 Å². The molecule has 9 heteroatoms. The molecule has 1 aliphatic heterocycles. The number of nitro groups is 1. The van der Waals surface area contributed by atoms with Crippen molar-refractivity contribution < 1.29 is 13.3 Å². The van der Waals surface area contributed by atoms with Crippen molar-refractivity contribution in [1.82, 2.24) is 9.62 Å². The number of hydrogen-bond acceptors (Lipinski definition) is 5. The number of nitrogens with zero attached hydrogens (tertiary/aromatic N) is 2. The molecule has 0 saturated carbocycles. The van der Waals surface area contributed by atoms with Crippen LogP contribution in [0.15, 0.2) is 23.1 Å². The fourth-order valence-corrected chi connectivity index (χ4v) is 3.21. The van der Waals surface area contributed by atoms with Crippen LogP contribution in [0, 0.1) is 17.0 Å². The van der Waals surface area contributed by atoms with Crippen LogP contribution >= 0.6 is 12.4 Å². The lowest BCUT2D eigenvalue weighted by Crippen LogP contribution is -2.57. The van der Waals surface area contributed by atoms with Gasteiger partial charge >= 0.3 is 0 Å². The van der Waals surface area contributed by atoms with Crippen molar-refractivity contribution >= 4 is 28.1 Å². The Labute approximate surface area is 123 Å². The van der Waals surface area contributed by atoms with Gasteiger partial charge in [0.1, 0.15) is 0 Å². The summed E-state index contributed by atoms with van der Waals surface area (Å²) in [4.78, 5) is 10.2. The molecule has 1 aromatic rings. The molecule has 1 N–H and O–H groups in total. The Kier molecular flexibility index (Phi) is 5.09. The summed E-state index contributed by atoms with van der Waals surface area (Å²) in [5.41, 5.74) is 0.262. The molecule has 0 spiro atoms. The fraction of sp³-hybridized carbons (Fsp3) is 0.455. The molecule has 1 saturated heterocycles. The van der Waals surface area contributed by atoms with E-state index >= 15 is 0 Å². The van der Waals surface area contributed by atoms with Crippen LogP contribution in [-0.4, -0.2) is 43.8 Å². The highest BCUT2D eigenvalue weighted by Crippen LogP contribution is 2.25. The van der Waals surface area contributed by atoms with Crippen molar-refractivity contribution in [2.75, 3.05) is 20.1 Å². The number of hydrogen-bond donors (Lipinski definition) is 1. The zero-order valence-corrected chi connectivity index (χ0v) is 12.7. The quantitative estimate of drug-likeness (QED) is 0.657. The molecule has 7 nitrogen and oxygen atoms in total. The zero-order valence-electron chi connectivity index (χ0n) is 11.1. The zero-order chi connectivity index (χ0) is 14.2. The van der Waals surface area contributed by atoms with Crippen LogP contribution in [0.5, 0.6) is 0 Å². The molecule has 0 aliphatic carbocycles. The third kappa shape index (κ3) is 2.93. The number of nitrogens with one attached hydrogen (secondary N) is 1. The molecule has 0 bridgehead atoms. The van der Waals surface area contributed by atoms with Gasteiger partial charge in [0.05, 0.1) is 9.82 Å². The van der Waals surface area contributed by atoms with E-state index in [2.05, 4.69) is 5.32 Å². The molecule has 0 amide bonds. The maximum atomic E-state index is 12.3. The average Bonchev–Trinajstić information content (AvgIpc) is 2.26. The van der Waals surface area contributed by atoms with Gasteiger partial charge in [-0.15, -0.1) is 12.4 Å². The predicted molar refractivity (Wildman–Crippen MR) is 76.7 cm³/mol. The monoisotopic (exact) mass is 321 g/mol. The number of benzene rings is 1. The van der Waals surface area contributed by atoms with Crippen LogP contribution in [-0.2, 0) is 10.0 Å². The Hall–Kier alpha value is -1.22. The lowest BCUT2D eigenvalue weighted by Gasteiger charge is -2.34. The molecule has 0 aromatic heterocycles. The van der Waals surface area contributed by atoms with Gasteiger partial charge in [0.25, 0.3) is 5.69 Å². The maximum absolute atomic E-state index is 12.3. The number of sulfonamides is 1. The summed E-state index contributed by atoms with van der Waals surface area (Å²) in [7, 11) is -2.19. The molecule has 112 valence electrons. The summed E-state index contributed by atoms with van der Waals surface area (Å²) in [6.07, 6.45) is 0. The number of halogens is 1. The lowest BCUT2D eigenvalue weighted by molar-refractivity contribution is -0.385. The first-order chi connectivity index (χ1) is 8.84. The van der Waals surface area contributed by atoms with Crippen LogP contribution in [0.2, 0.25) is 0 Å². The summed E-state index contributed by atoms with van der Waals surface area (Å²) < 4.78 is 25.9. The SMILES string of the molecule is Cc1ccc(S(=O)(=O)N(C)C2CNC2)cc1[N+](=O)[O-].Cl. The molecule has 1 fully saturated rings. The minimum absolute atomic E-state index is 0. The van der Waals surface area contributed by atoms with E-state index in [9.17, 15) is 18.5 Å². The van der Waals surface area contributed by atoms with E-state index in [0.717, 1.165) is 6.07 Å². The van der Waals surface area contributed by atoms with Gasteiger partial charge in [0.15, 0.2) is 0 Å². The smallest absolute Gasteiger partial charge is 0.273 e. The summed E-state index contributed by atoms with van der Waals surface area (Å²) in [5.74, 6) is 0. The predicted octanol–water partition coefficient (Wildman–Crippen LogP) is 0.917. The molecule has 1 aliphatic rings. The highest BCUT2D eigenvalue weighted by atomic mass is 35.5. The van der Waals surface area contributed by atoms with Crippen molar-refractivity contribution in [2.24, 2.45) is 0 Å². The average molecular weight is 322 g/mol. The van der Waals surface area contributed by atoms with E-state index in [-0.39, 0.29) is 29.0 Å². The summed E-state index contributed by atoms with van der Waals surface area (Å²) in [6, 6.07) is 3.89. The summed E-state index contributed by atoms with van der Waals surface area (Å²) in [6.45, 7) is 2.78. The lowest BCUT2D eigenvalue weighted by atomic mass is 10.2. The van der Waals surface area contributed by atoms with Crippen LogP contribution in [0.1, 0.15) is 5.56 Å². The largest absolute Gasteiger partial charge is 0.313 e. The normalized spacial score (nSPS) is 15.6. The second-order valence-corrected chi connectivity index (χ2v) is 6.54. The second kappa shape index (κ2) is 6.04. The highest BCUT2D eigenvalue weighted by molar-refractivity contribution is 7.89. The van der Waals surface area contributed by atoms with E-state index in [0.29, 0.717) is 18.7 Å². The second-order valence-electron chi connectivity index (χ2n) is 4.54. The summed E-state index contributed by atoms with van der Waals surface area (Å²) >= 11 is 0. The topological polar surface area (TPSA) is 92.6 Å². The van der Waals surface area contributed by atoms with Gasteiger partial charge in [-0.3, -0.25) is 10.1 Å². The molecule has 0 unspecified atom stereocenters. The van der Waals surface area contributed by atoms with Crippen molar-refractivity contribution in [3.63, 3.8) is 0 Å². The molecular formula is C11H16ClN3O4S. The first-order valence-corrected chi connectivity index (χ1v) is 7.22. The number of aryl methyl sites for hydroxylation is 1. The molecule has 20 heavy (non-hydrogen) atoms. The van der Waals surface area contributed by atoms with Gasteiger partial charge in [-0.1, -0.05) is 6.07 Å². The van der Waals surface area contributed by atoms with Crippen LogP contribution in [0.3, 0.4) is 0 Å². The highest BCUT2D eigenvalue weighted by Gasteiger charge is 2.32. The number of nitro benzene ring substituents is 1. The Balaban J connectivity index is 0.00000200. The van der Waals surface area contributed by atoms with Crippen LogP contribution in [0.25, 0.3) is 0 Å². The van der Waals surface area contributed by atoms with Crippen molar-refractivity contribution in [3.8, 4) is 0 Å². The van der Waals surface area contributed by atoms with Crippen LogP contribution < -0.4 is 5.32 Å². The van der Waals surface area contributed by atoms with E-state index in [1.165, 1.54) is 23.5 Å². The number of likely N-dealkylation sites (N-methyl/N-ethyl adjacent to an activating group) is 1. The van der Waals surface area contributed by atoms with Crippen molar-refractivity contribution in [2.45, 2.75) is 17.9 Å². The molecular weight excluding hydrogens is 306 g/mol. The molecule has 0 atom stereocenters. The third-order valence-corrected chi connectivity index (χ3v) is 5.23. The van der Waals surface area contributed by atoms with Gasteiger partial charge in [-0.2, -0.15) is 4.31 Å². The van der Waals surface area contributed by atoms with Gasteiger partial charge in [-0.25, -0.2) is 8.42 Å². The first kappa shape index (κ1) is 16.8. The Bertz CT molecular complexity index is 616. The standard InChI is InChI=1S/C11H15N3O4S.ClH/c1-8-3-4-10(5-11(8)14(15)16)19(17,18)13(2)9-6-12-7-9;/h3-5,9,12H,6-7H2,1-2H3;1H. The van der Waals surface area contributed by atoms with E-state index < -0.39 is 14.9 Å². The summed E-state index contributed by atoms with van der Waals surface area (Å²) in [5, 5.41) is 13.8. The van der Waals surface area contributed by atoms with Gasteiger partial charge in [-0.05, 0) is 13.0 Å². The first-order valence-electron chi connectivity index (χ1n) is 5.78. The molecule has 1 aromatic carbocycles. The Morgan fingerprint density at radius 1 is 1.40 bits per heavy atom. The minimum atomic E-state index is -3.68. The maximum Gasteiger partial charge on any atom is 0.273 e. The Morgan fingerprint density at radius 3 is 2.45 bits per heavy atom.